The molecule has 1 unspecified atom stereocenters. The molecule has 0 aliphatic heterocycles. The Bertz CT molecular complexity index is 464. The van der Waals surface area contributed by atoms with Crippen molar-refractivity contribution in [2.45, 2.75) is 25.1 Å². The number of hydrogen-bond donors (Lipinski definition) is 2. The third-order valence-corrected chi connectivity index (χ3v) is 3.79. The lowest BCUT2D eigenvalue weighted by atomic mass is 10.2. The van der Waals surface area contributed by atoms with Gasteiger partial charge in [-0.2, -0.15) is 0 Å². The molecule has 0 spiro atoms. The van der Waals surface area contributed by atoms with Crippen LogP contribution in [-0.2, 0) is 16.1 Å². The van der Waals surface area contributed by atoms with Crippen LogP contribution >= 0.6 is 11.8 Å². The first-order valence-electron chi connectivity index (χ1n) is 6.25. The van der Waals surface area contributed by atoms with E-state index in [-0.39, 0.29) is 23.3 Å². The molecule has 0 aliphatic carbocycles. The average molecular weight is 297 g/mol. The number of carboxylic acids is 1. The van der Waals surface area contributed by atoms with Gasteiger partial charge >= 0.3 is 5.97 Å². The van der Waals surface area contributed by atoms with E-state index in [0.717, 1.165) is 11.3 Å². The number of nitrogens with one attached hydrogen (secondary N) is 1. The summed E-state index contributed by atoms with van der Waals surface area (Å²) >= 11 is 1.33. The Morgan fingerprint density at radius 3 is 2.75 bits per heavy atom. The Balaban J connectivity index is 2.34. The number of aliphatic carboxylic acids is 1. The molecular formula is C14H19NO4S. The summed E-state index contributed by atoms with van der Waals surface area (Å²) in [6, 6.07) is 7.48. The van der Waals surface area contributed by atoms with Gasteiger partial charge in [0, 0.05) is 17.4 Å². The molecule has 5 nitrogen and oxygen atoms in total. The average Bonchev–Trinajstić information content (AvgIpc) is 2.42. The quantitative estimate of drug-likeness (QED) is 0.766. The van der Waals surface area contributed by atoms with Gasteiger partial charge in [0.1, 0.15) is 5.75 Å². The van der Waals surface area contributed by atoms with E-state index in [2.05, 4.69) is 5.32 Å². The second kappa shape index (κ2) is 8.47. The third kappa shape index (κ3) is 5.97. The molecule has 0 bridgehead atoms. The molecule has 1 aromatic carbocycles. The number of amides is 1. The maximum absolute atomic E-state index is 11.7. The van der Waals surface area contributed by atoms with Crippen molar-refractivity contribution >= 4 is 23.6 Å². The Morgan fingerprint density at radius 2 is 2.10 bits per heavy atom. The minimum Gasteiger partial charge on any atom is -0.496 e. The van der Waals surface area contributed by atoms with Crippen LogP contribution in [0.2, 0.25) is 0 Å². The van der Waals surface area contributed by atoms with Gasteiger partial charge in [0.25, 0.3) is 0 Å². The molecule has 1 amide bonds. The van der Waals surface area contributed by atoms with Crippen molar-refractivity contribution < 1.29 is 19.4 Å². The monoisotopic (exact) mass is 297 g/mol. The number of rotatable bonds is 8. The van der Waals surface area contributed by atoms with Crippen molar-refractivity contribution in [2.24, 2.45) is 0 Å². The van der Waals surface area contributed by atoms with Crippen molar-refractivity contribution in [2.75, 3.05) is 12.9 Å². The van der Waals surface area contributed by atoms with E-state index in [0.29, 0.717) is 6.54 Å². The van der Waals surface area contributed by atoms with Crippen molar-refractivity contribution in [1.29, 1.82) is 0 Å². The van der Waals surface area contributed by atoms with E-state index in [9.17, 15) is 9.59 Å². The fourth-order valence-corrected chi connectivity index (χ4v) is 2.42. The standard InChI is InChI=1S/C14H19NO4S/c1-10(7-14(17)18)20-9-13(16)15-8-11-5-3-4-6-12(11)19-2/h3-6,10H,7-9H2,1-2H3,(H,15,16)(H,17,18). The molecule has 0 saturated carbocycles. The first-order valence-corrected chi connectivity index (χ1v) is 7.29. The smallest absolute Gasteiger partial charge is 0.304 e. The van der Waals surface area contributed by atoms with Crippen LogP contribution in [0.15, 0.2) is 24.3 Å². The highest BCUT2D eigenvalue weighted by atomic mass is 32.2. The van der Waals surface area contributed by atoms with Gasteiger partial charge in [0.2, 0.25) is 5.91 Å². The lowest BCUT2D eigenvalue weighted by Crippen LogP contribution is -2.25. The van der Waals surface area contributed by atoms with Gasteiger partial charge in [-0.3, -0.25) is 9.59 Å². The number of carbonyl (C=O) groups excluding carboxylic acids is 1. The summed E-state index contributed by atoms with van der Waals surface area (Å²) < 4.78 is 5.20. The first-order chi connectivity index (χ1) is 9.52. The molecule has 1 aromatic rings. The zero-order valence-electron chi connectivity index (χ0n) is 11.6. The second-order valence-electron chi connectivity index (χ2n) is 4.31. The largest absolute Gasteiger partial charge is 0.496 e. The topological polar surface area (TPSA) is 75.6 Å². The predicted octanol–water partition coefficient (Wildman–Crippen LogP) is 1.91. The molecule has 0 heterocycles. The summed E-state index contributed by atoms with van der Waals surface area (Å²) in [4.78, 5) is 22.2. The molecule has 1 atom stereocenters. The molecule has 0 aromatic heterocycles. The lowest BCUT2D eigenvalue weighted by molar-refractivity contribution is -0.136. The van der Waals surface area contributed by atoms with Gasteiger partial charge in [-0.05, 0) is 6.07 Å². The van der Waals surface area contributed by atoms with Gasteiger partial charge in [-0.15, -0.1) is 11.8 Å². The number of carboxylic acid groups (broad SMARTS) is 1. The van der Waals surface area contributed by atoms with Crippen LogP contribution < -0.4 is 10.1 Å². The number of carbonyl (C=O) groups is 2. The predicted molar refractivity (Wildman–Crippen MR) is 79.0 cm³/mol. The van der Waals surface area contributed by atoms with Crippen LogP contribution in [0.4, 0.5) is 0 Å². The van der Waals surface area contributed by atoms with Gasteiger partial charge in [-0.1, -0.05) is 25.1 Å². The summed E-state index contributed by atoms with van der Waals surface area (Å²) in [6.45, 7) is 2.20. The highest BCUT2D eigenvalue weighted by Crippen LogP contribution is 2.17. The van der Waals surface area contributed by atoms with Crippen LogP contribution in [0.1, 0.15) is 18.9 Å². The Morgan fingerprint density at radius 1 is 1.40 bits per heavy atom. The molecule has 0 radical (unpaired) electrons. The molecule has 2 N–H and O–H groups in total. The van der Waals surface area contributed by atoms with Gasteiger partial charge in [0.15, 0.2) is 0 Å². The van der Waals surface area contributed by atoms with Gasteiger partial charge in [0.05, 0.1) is 19.3 Å². The zero-order chi connectivity index (χ0) is 15.0. The summed E-state index contributed by atoms with van der Waals surface area (Å²) in [7, 11) is 1.59. The first kappa shape index (κ1) is 16.4. The normalized spacial score (nSPS) is 11.7. The van der Waals surface area contributed by atoms with Crippen LogP contribution in [-0.4, -0.2) is 35.1 Å². The number of ether oxygens (including phenoxy) is 1. The van der Waals surface area contributed by atoms with E-state index in [1.165, 1.54) is 11.8 Å². The number of thioether (sulfide) groups is 1. The van der Waals surface area contributed by atoms with E-state index >= 15 is 0 Å². The molecular weight excluding hydrogens is 278 g/mol. The fraction of sp³-hybridized carbons (Fsp3) is 0.429. The minimum atomic E-state index is -0.848. The summed E-state index contributed by atoms with van der Waals surface area (Å²) in [5.74, 6) is 0.0288. The Kier molecular flexibility index (Phi) is 6.93. The number of methoxy groups -OCH3 is 1. The van der Waals surface area contributed by atoms with Crippen LogP contribution in [0.3, 0.4) is 0 Å². The van der Waals surface area contributed by atoms with Crippen molar-refractivity contribution in [3.63, 3.8) is 0 Å². The fourth-order valence-electron chi connectivity index (χ4n) is 1.62. The summed E-state index contributed by atoms with van der Waals surface area (Å²) in [5, 5.41) is 11.3. The molecule has 110 valence electrons. The Hall–Kier alpha value is -1.69. The van der Waals surface area contributed by atoms with E-state index in [1.807, 2.05) is 24.3 Å². The third-order valence-electron chi connectivity index (χ3n) is 2.63. The molecule has 6 heteroatoms. The van der Waals surface area contributed by atoms with Crippen LogP contribution in [0.5, 0.6) is 5.75 Å². The maximum atomic E-state index is 11.7. The van der Waals surface area contributed by atoms with E-state index in [1.54, 1.807) is 14.0 Å². The highest BCUT2D eigenvalue weighted by Gasteiger charge is 2.11. The maximum Gasteiger partial charge on any atom is 0.304 e. The lowest BCUT2D eigenvalue weighted by Gasteiger charge is -2.11. The summed E-state index contributed by atoms with van der Waals surface area (Å²) in [5.41, 5.74) is 0.909. The van der Waals surface area contributed by atoms with E-state index < -0.39 is 5.97 Å². The highest BCUT2D eigenvalue weighted by molar-refractivity contribution is 8.00. The van der Waals surface area contributed by atoms with Crippen molar-refractivity contribution in [1.82, 2.24) is 5.32 Å². The zero-order valence-corrected chi connectivity index (χ0v) is 12.4. The van der Waals surface area contributed by atoms with Crippen LogP contribution in [0.25, 0.3) is 0 Å². The minimum absolute atomic E-state index is 0.0600. The van der Waals surface area contributed by atoms with Crippen LogP contribution in [0, 0.1) is 0 Å². The molecule has 0 saturated heterocycles. The number of benzene rings is 1. The van der Waals surface area contributed by atoms with Gasteiger partial charge < -0.3 is 15.2 Å². The second-order valence-corrected chi connectivity index (χ2v) is 5.73. The SMILES string of the molecule is COc1ccccc1CNC(=O)CSC(C)CC(=O)O. The number of para-hydroxylation sites is 1. The summed E-state index contributed by atoms with van der Waals surface area (Å²) in [6.07, 6.45) is 0.0600. The van der Waals surface area contributed by atoms with Crippen molar-refractivity contribution in [3.8, 4) is 5.75 Å². The number of hydrogen-bond acceptors (Lipinski definition) is 4. The van der Waals surface area contributed by atoms with E-state index in [4.69, 9.17) is 9.84 Å². The molecule has 20 heavy (non-hydrogen) atoms. The Labute approximate surface area is 122 Å². The van der Waals surface area contributed by atoms with Crippen molar-refractivity contribution in [3.05, 3.63) is 29.8 Å². The molecule has 0 aliphatic rings. The molecule has 1 rings (SSSR count). The van der Waals surface area contributed by atoms with Gasteiger partial charge in [-0.25, -0.2) is 0 Å². The molecule has 0 fully saturated rings.